The topological polar surface area (TPSA) is 44.5 Å². The first-order valence-corrected chi connectivity index (χ1v) is 6.06. The van der Waals surface area contributed by atoms with Crippen molar-refractivity contribution in [2.24, 2.45) is 11.7 Å². The molecule has 3 atom stereocenters. The van der Waals surface area contributed by atoms with E-state index in [2.05, 4.69) is 0 Å². The van der Waals surface area contributed by atoms with Crippen molar-refractivity contribution in [3.05, 3.63) is 0 Å². The monoisotopic (exact) mass is 203 g/mol. The maximum Gasteiger partial charge on any atom is 0.0820 e. The van der Waals surface area contributed by atoms with E-state index in [1.807, 2.05) is 11.8 Å². The first kappa shape index (κ1) is 9.77. The van der Waals surface area contributed by atoms with Gasteiger partial charge in [-0.3, -0.25) is 0 Å². The number of nitrogens with two attached hydrogens (primary N) is 1. The van der Waals surface area contributed by atoms with Crippen molar-refractivity contribution in [3.8, 4) is 0 Å². The lowest BCUT2D eigenvalue weighted by molar-refractivity contribution is 0.0393. The van der Waals surface area contributed by atoms with Crippen LogP contribution in [0.4, 0.5) is 0 Å². The first-order valence-electron chi connectivity index (χ1n) is 4.90. The Labute approximate surface area is 83.3 Å². The summed E-state index contributed by atoms with van der Waals surface area (Å²) in [5.41, 5.74) is 6.14. The Kier molecular flexibility index (Phi) is 3.49. The van der Waals surface area contributed by atoms with Gasteiger partial charge < -0.3 is 15.2 Å². The van der Waals surface area contributed by atoms with Crippen molar-refractivity contribution in [3.63, 3.8) is 0 Å². The molecule has 2 fully saturated rings. The van der Waals surface area contributed by atoms with Crippen LogP contribution in [0.2, 0.25) is 0 Å². The van der Waals surface area contributed by atoms with Gasteiger partial charge in [0.05, 0.1) is 19.3 Å². The highest BCUT2D eigenvalue weighted by atomic mass is 32.2. The van der Waals surface area contributed by atoms with Crippen LogP contribution < -0.4 is 5.73 Å². The Morgan fingerprint density at radius 3 is 2.92 bits per heavy atom. The predicted molar refractivity (Wildman–Crippen MR) is 54.0 cm³/mol. The molecule has 3 unspecified atom stereocenters. The lowest BCUT2D eigenvalue weighted by atomic mass is 9.96. The largest absolute Gasteiger partial charge is 0.381 e. The molecule has 0 radical (unpaired) electrons. The average Bonchev–Trinajstić information content (AvgIpc) is 2.71. The molecule has 0 bridgehead atoms. The molecule has 0 amide bonds. The zero-order valence-electron chi connectivity index (χ0n) is 7.78. The third-order valence-corrected chi connectivity index (χ3v) is 3.80. The average molecular weight is 203 g/mol. The summed E-state index contributed by atoms with van der Waals surface area (Å²) < 4.78 is 11.0. The maximum absolute atomic E-state index is 6.14. The minimum Gasteiger partial charge on any atom is -0.381 e. The molecule has 4 heteroatoms. The molecule has 2 aliphatic rings. The van der Waals surface area contributed by atoms with Gasteiger partial charge in [-0.1, -0.05) is 0 Å². The van der Waals surface area contributed by atoms with E-state index in [-0.39, 0.29) is 12.1 Å². The van der Waals surface area contributed by atoms with E-state index < -0.39 is 0 Å². The first-order chi connectivity index (χ1) is 6.38. The van der Waals surface area contributed by atoms with E-state index >= 15 is 0 Å². The SMILES string of the molecule is NC(C1CCOC1)C1CSCCO1. The molecule has 2 saturated heterocycles. The molecule has 0 saturated carbocycles. The Bertz CT molecular complexity index is 156. The number of ether oxygens (including phenoxy) is 2. The van der Waals surface area contributed by atoms with Crippen LogP contribution in [-0.2, 0) is 9.47 Å². The van der Waals surface area contributed by atoms with Crippen LogP contribution in [0.3, 0.4) is 0 Å². The third-order valence-electron chi connectivity index (χ3n) is 2.78. The second kappa shape index (κ2) is 4.64. The highest BCUT2D eigenvalue weighted by Gasteiger charge is 2.30. The van der Waals surface area contributed by atoms with Crippen molar-refractivity contribution in [2.45, 2.75) is 18.6 Å². The van der Waals surface area contributed by atoms with Gasteiger partial charge in [0, 0.05) is 30.1 Å². The smallest absolute Gasteiger partial charge is 0.0820 e. The molecule has 0 aromatic carbocycles. The van der Waals surface area contributed by atoms with E-state index in [0.717, 1.165) is 37.7 Å². The van der Waals surface area contributed by atoms with Gasteiger partial charge in [-0.05, 0) is 6.42 Å². The fraction of sp³-hybridized carbons (Fsp3) is 1.00. The highest BCUT2D eigenvalue weighted by molar-refractivity contribution is 7.99. The van der Waals surface area contributed by atoms with E-state index in [1.54, 1.807) is 0 Å². The molecular formula is C9H17NO2S. The zero-order valence-corrected chi connectivity index (χ0v) is 8.59. The van der Waals surface area contributed by atoms with Crippen LogP contribution in [0.5, 0.6) is 0 Å². The minimum absolute atomic E-state index is 0.176. The van der Waals surface area contributed by atoms with Crippen LogP contribution >= 0.6 is 11.8 Å². The fourth-order valence-corrected chi connectivity index (χ4v) is 2.82. The Morgan fingerprint density at radius 1 is 1.38 bits per heavy atom. The Balaban J connectivity index is 1.83. The van der Waals surface area contributed by atoms with Crippen molar-refractivity contribution in [1.29, 1.82) is 0 Å². The summed E-state index contributed by atoms with van der Waals surface area (Å²) in [5, 5.41) is 0. The second-order valence-electron chi connectivity index (χ2n) is 3.69. The number of thioether (sulfide) groups is 1. The van der Waals surface area contributed by atoms with Gasteiger partial charge in [-0.2, -0.15) is 11.8 Å². The van der Waals surface area contributed by atoms with Crippen molar-refractivity contribution in [1.82, 2.24) is 0 Å². The number of rotatable bonds is 2. The van der Waals surface area contributed by atoms with Crippen LogP contribution in [0.15, 0.2) is 0 Å². The summed E-state index contributed by atoms with van der Waals surface area (Å²) in [6, 6.07) is 0.176. The van der Waals surface area contributed by atoms with E-state index in [4.69, 9.17) is 15.2 Å². The van der Waals surface area contributed by atoms with Crippen molar-refractivity contribution in [2.75, 3.05) is 31.3 Å². The quantitative estimate of drug-likeness (QED) is 0.709. The lowest BCUT2D eigenvalue weighted by Crippen LogP contribution is -2.46. The molecule has 3 nitrogen and oxygen atoms in total. The molecule has 2 heterocycles. The molecule has 2 rings (SSSR count). The summed E-state index contributed by atoms with van der Waals surface area (Å²) in [6.45, 7) is 2.56. The molecule has 0 spiro atoms. The van der Waals surface area contributed by atoms with Crippen LogP contribution in [0, 0.1) is 5.92 Å². The Hall–Kier alpha value is 0.230. The molecule has 0 aliphatic carbocycles. The molecule has 76 valence electrons. The van der Waals surface area contributed by atoms with Crippen molar-refractivity contribution >= 4 is 11.8 Å². The Morgan fingerprint density at radius 2 is 2.31 bits per heavy atom. The van der Waals surface area contributed by atoms with Gasteiger partial charge in [0.2, 0.25) is 0 Å². The molecule has 2 N–H and O–H groups in total. The van der Waals surface area contributed by atoms with E-state index in [0.29, 0.717) is 5.92 Å². The zero-order chi connectivity index (χ0) is 9.10. The summed E-state index contributed by atoms with van der Waals surface area (Å²) >= 11 is 1.94. The van der Waals surface area contributed by atoms with Gasteiger partial charge in [0.1, 0.15) is 0 Å². The van der Waals surface area contributed by atoms with Crippen LogP contribution in [0.25, 0.3) is 0 Å². The van der Waals surface area contributed by atoms with Gasteiger partial charge in [0.15, 0.2) is 0 Å². The van der Waals surface area contributed by atoms with Gasteiger partial charge in [-0.25, -0.2) is 0 Å². The molecular weight excluding hydrogens is 186 g/mol. The normalized spacial score (nSPS) is 37.6. The fourth-order valence-electron chi connectivity index (χ4n) is 1.89. The molecule has 13 heavy (non-hydrogen) atoms. The van der Waals surface area contributed by atoms with Gasteiger partial charge in [-0.15, -0.1) is 0 Å². The summed E-state index contributed by atoms with van der Waals surface area (Å²) in [7, 11) is 0. The molecule has 0 aromatic rings. The van der Waals surface area contributed by atoms with Crippen LogP contribution in [-0.4, -0.2) is 43.5 Å². The summed E-state index contributed by atoms with van der Waals surface area (Å²) in [4.78, 5) is 0. The highest BCUT2D eigenvalue weighted by Crippen LogP contribution is 2.23. The minimum atomic E-state index is 0.176. The van der Waals surface area contributed by atoms with E-state index in [9.17, 15) is 0 Å². The molecule has 2 aliphatic heterocycles. The number of hydrogen-bond acceptors (Lipinski definition) is 4. The summed E-state index contributed by atoms with van der Waals surface area (Å²) in [6.07, 6.45) is 1.36. The molecule has 0 aromatic heterocycles. The van der Waals surface area contributed by atoms with E-state index in [1.165, 1.54) is 0 Å². The predicted octanol–water partition coefficient (Wildman–Crippen LogP) is 0.482. The van der Waals surface area contributed by atoms with Gasteiger partial charge >= 0.3 is 0 Å². The third kappa shape index (κ3) is 2.37. The summed E-state index contributed by atoms with van der Waals surface area (Å²) in [5.74, 6) is 2.69. The lowest BCUT2D eigenvalue weighted by Gasteiger charge is -2.30. The van der Waals surface area contributed by atoms with Gasteiger partial charge in [0.25, 0.3) is 0 Å². The second-order valence-corrected chi connectivity index (χ2v) is 4.84. The standard InChI is InChI=1S/C9H17NO2S/c10-9(7-1-2-11-5-7)8-6-13-4-3-12-8/h7-9H,1-6,10H2. The maximum atomic E-state index is 6.14. The van der Waals surface area contributed by atoms with Crippen LogP contribution in [0.1, 0.15) is 6.42 Å². The number of hydrogen-bond donors (Lipinski definition) is 1. The van der Waals surface area contributed by atoms with Crippen molar-refractivity contribution < 1.29 is 9.47 Å².